The molecule has 0 radical (unpaired) electrons. The lowest BCUT2D eigenvalue weighted by Crippen LogP contribution is -2.50. The van der Waals surface area contributed by atoms with E-state index < -0.39 is 0 Å². The minimum Gasteiger partial charge on any atom is -0.370 e. The van der Waals surface area contributed by atoms with Gasteiger partial charge in [-0.1, -0.05) is 26.0 Å². The summed E-state index contributed by atoms with van der Waals surface area (Å²) in [7, 11) is 3.62. The molecule has 5 N–H and O–H groups in total. The van der Waals surface area contributed by atoms with Gasteiger partial charge in [-0.3, -0.25) is 19.3 Å². The second kappa shape index (κ2) is 22.4. The lowest BCUT2D eigenvalue weighted by atomic mass is 10.1. The van der Waals surface area contributed by atoms with Crippen molar-refractivity contribution in [3.63, 3.8) is 0 Å². The van der Waals surface area contributed by atoms with Crippen molar-refractivity contribution in [1.29, 1.82) is 0 Å². The van der Waals surface area contributed by atoms with Crippen molar-refractivity contribution in [2.45, 2.75) is 77.8 Å². The van der Waals surface area contributed by atoms with Crippen LogP contribution in [0.3, 0.4) is 0 Å². The Bertz CT molecular complexity index is 762. The Kier molecular flexibility index (Phi) is 21.9. The number of likely N-dealkylation sites (tertiary alicyclic amines) is 2. The molecule has 2 heterocycles. The number of nitrogens with two attached hydrogens (primary N) is 2. The molecule has 3 rings (SSSR count). The molecule has 2 saturated heterocycles. The molecule has 0 aliphatic carbocycles. The van der Waals surface area contributed by atoms with Crippen LogP contribution in [0.25, 0.3) is 0 Å². The minimum atomic E-state index is -0.249. The summed E-state index contributed by atoms with van der Waals surface area (Å²) in [4.78, 5) is 45.8. The van der Waals surface area contributed by atoms with E-state index in [0.29, 0.717) is 6.42 Å². The van der Waals surface area contributed by atoms with E-state index in [2.05, 4.69) is 17.1 Å². The van der Waals surface area contributed by atoms with Gasteiger partial charge in [0.25, 0.3) is 0 Å². The van der Waals surface area contributed by atoms with E-state index in [1.807, 2.05) is 33.8 Å². The molecule has 1 aromatic rings. The number of likely N-dealkylation sites (N-methyl/N-ethyl adjacent to an activating group) is 2. The summed E-state index contributed by atoms with van der Waals surface area (Å²) in [5.74, 6) is -0.268. The first-order valence-electron chi connectivity index (χ1n) is 12.8. The molecule has 2 aliphatic rings. The number of hydrogen-bond acceptors (Lipinski definition) is 6. The number of rotatable bonds is 5. The lowest BCUT2D eigenvalue weighted by Gasteiger charge is -2.28. The zero-order chi connectivity index (χ0) is 28.8. The molecular weight excluding hydrogens is 477 g/mol. The zero-order valence-corrected chi connectivity index (χ0v) is 23.3. The van der Waals surface area contributed by atoms with E-state index in [1.165, 1.54) is 12.1 Å². The SMILES string of the molecule is C=O.CCCC(N)=O.CCCN.CNC(=O)C1CCCN1C(=O)C1CCCN1C.Cc1cccc(F)c1. The van der Waals surface area contributed by atoms with Crippen molar-refractivity contribution >= 4 is 24.5 Å². The van der Waals surface area contributed by atoms with Crippen molar-refractivity contribution in [3.05, 3.63) is 35.6 Å². The highest BCUT2D eigenvalue weighted by atomic mass is 19.1. The van der Waals surface area contributed by atoms with Gasteiger partial charge in [0.05, 0.1) is 6.04 Å². The molecule has 0 spiro atoms. The molecule has 2 unspecified atom stereocenters. The Morgan fingerprint density at radius 1 is 1.08 bits per heavy atom. The van der Waals surface area contributed by atoms with Crippen LogP contribution in [0.4, 0.5) is 4.39 Å². The van der Waals surface area contributed by atoms with Crippen LogP contribution in [0.5, 0.6) is 0 Å². The first-order valence-corrected chi connectivity index (χ1v) is 12.8. The molecule has 9 nitrogen and oxygen atoms in total. The van der Waals surface area contributed by atoms with Gasteiger partial charge in [0.15, 0.2) is 0 Å². The summed E-state index contributed by atoms with van der Waals surface area (Å²) < 4.78 is 12.2. The van der Waals surface area contributed by atoms with Gasteiger partial charge in [0.1, 0.15) is 18.6 Å². The number of nitrogens with one attached hydrogen (secondary N) is 1. The maximum absolute atomic E-state index is 12.4. The molecule has 0 bridgehead atoms. The maximum Gasteiger partial charge on any atom is 0.242 e. The average Bonchev–Trinajstić information content (AvgIpc) is 3.54. The summed E-state index contributed by atoms with van der Waals surface area (Å²) in [6.07, 6.45) is 6.19. The highest BCUT2D eigenvalue weighted by molar-refractivity contribution is 5.90. The number of nitrogens with zero attached hydrogens (tertiary/aromatic N) is 2. The minimum absolute atomic E-state index is 0.0137. The average molecular weight is 526 g/mol. The van der Waals surface area contributed by atoms with Crippen LogP contribution in [0.2, 0.25) is 0 Å². The van der Waals surface area contributed by atoms with E-state index in [9.17, 15) is 18.8 Å². The molecule has 212 valence electrons. The van der Waals surface area contributed by atoms with E-state index in [4.69, 9.17) is 16.3 Å². The Morgan fingerprint density at radius 3 is 2.00 bits per heavy atom. The lowest BCUT2D eigenvalue weighted by molar-refractivity contribution is -0.141. The number of primary amides is 1. The van der Waals surface area contributed by atoms with Crippen molar-refractivity contribution in [2.75, 3.05) is 33.7 Å². The van der Waals surface area contributed by atoms with Crippen LogP contribution in [0.1, 0.15) is 64.4 Å². The Balaban J connectivity index is 0. The highest BCUT2D eigenvalue weighted by Crippen LogP contribution is 2.23. The van der Waals surface area contributed by atoms with Gasteiger partial charge in [-0.2, -0.15) is 0 Å². The number of aryl methyl sites for hydroxylation is 1. The third-order valence-electron chi connectivity index (χ3n) is 5.66. The predicted octanol–water partition coefficient (Wildman–Crippen LogP) is 2.39. The van der Waals surface area contributed by atoms with Gasteiger partial charge >= 0.3 is 0 Å². The molecule has 3 amide bonds. The van der Waals surface area contributed by atoms with Crippen LogP contribution in [0.15, 0.2) is 24.3 Å². The number of halogens is 1. The summed E-state index contributed by atoms with van der Waals surface area (Å²) in [5.41, 5.74) is 10.8. The van der Waals surface area contributed by atoms with Gasteiger partial charge in [-0.05, 0) is 83.3 Å². The molecule has 0 saturated carbocycles. The van der Waals surface area contributed by atoms with E-state index in [-0.39, 0.29) is 35.6 Å². The molecule has 10 heteroatoms. The number of benzene rings is 1. The maximum atomic E-state index is 12.4. The van der Waals surface area contributed by atoms with Crippen LogP contribution in [-0.2, 0) is 19.2 Å². The van der Waals surface area contributed by atoms with Crippen LogP contribution >= 0.6 is 0 Å². The van der Waals surface area contributed by atoms with Crippen LogP contribution in [-0.4, -0.2) is 80.1 Å². The van der Waals surface area contributed by atoms with E-state index in [1.54, 1.807) is 18.0 Å². The summed E-state index contributed by atoms with van der Waals surface area (Å²) >= 11 is 0. The zero-order valence-electron chi connectivity index (χ0n) is 23.3. The predicted molar refractivity (Wildman–Crippen MR) is 146 cm³/mol. The number of carbonyl (C=O) groups excluding carboxylic acids is 4. The number of hydrogen-bond donors (Lipinski definition) is 3. The second-order valence-corrected chi connectivity index (χ2v) is 8.75. The third-order valence-corrected chi connectivity index (χ3v) is 5.66. The normalized spacial score (nSPS) is 17.9. The summed E-state index contributed by atoms with van der Waals surface area (Å²) in [6.45, 7) is 10.4. The monoisotopic (exact) mass is 525 g/mol. The van der Waals surface area contributed by atoms with Gasteiger partial charge in [0, 0.05) is 20.0 Å². The van der Waals surface area contributed by atoms with Crippen molar-refractivity contribution < 1.29 is 23.6 Å². The van der Waals surface area contributed by atoms with E-state index in [0.717, 1.165) is 63.7 Å². The van der Waals surface area contributed by atoms with Gasteiger partial charge in [-0.15, -0.1) is 0 Å². The fourth-order valence-electron chi connectivity index (χ4n) is 3.74. The molecule has 0 aromatic heterocycles. The Hall–Kier alpha value is -2.85. The quantitative estimate of drug-likeness (QED) is 0.540. The Morgan fingerprint density at radius 2 is 1.65 bits per heavy atom. The third kappa shape index (κ3) is 15.8. The van der Waals surface area contributed by atoms with Crippen molar-refractivity contribution in [2.24, 2.45) is 11.5 Å². The van der Waals surface area contributed by atoms with Gasteiger partial charge in [0.2, 0.25) is 17.7 Å². The van der Waals surface area contributed by atoms with Crippen LogP contribution < -0.4 is 16.8 Å². The van der Waals surface area contributed by atoms with E-state index >= 15 is 0 Å². The number of amides is 3. The fourth-order valence-corrected chi connectivity index (χ4v) is 3.74. The van der Waals surface area contributed by atoms with Crippen LogP contribution in [0, 0.1) is 12.7 Å². The van der Waals surface area contributed by atoms with Gasteiger partial charge in [-0.25, -0.2) is 4.39 Å². The van der Waals surface area contributed by atoms with Crippen molar-refractivity contribution in [1.82, 2.24) is 15.1 Å². The first kappa shape index (κ1) is 36.3. The topological polar surface area (TPSA) is 139 Å². The smallest absolute Gasteiger partial charge is 0.242 e. The summed E-state index contributed by atoms with van der Waals surface area (Å²) in [6, 6.07) is 6.24. The summed E-state index contributed by atoms with van der Waals surface area (Å²) in [5, 5.41) is 2.65. The van der Waals surface area contributed by atoms with Crippen molar-refractivity contribution in [3.8, 4) is 0 Å². The fraction of sp³-hybridized carbons (Fsp3) is 0.630. The second-order valence-electron chi connectivity index (χ2n) is 8.75. The molecule has 1 aromatic carbocycles. The molecular formula is C27H48FN5O4. The molecule has 37 heavy (non-hydrogen) atoms. The first-order chi connectivity index (χ1) is 17.6. The molecule has 2 fully saturated rings. The standard InChI is InChI=1S/C12H21N3O2.C7H7F.C4H9NO.C3H9N.CH2O/c1-13-11(16)9-5-4-8-15(9)12(17)10-6-3-7-14(10)2;1-6-3-2-4-7(8)5-6;1-2-3-4(5)6;1-2-3-4;1-2/h9-10H,3-8H2,1-2H3,(H,13,16);2-5H,1H3;2-3H2,1H3,(H2,5,6);2-4H2,1H3;1H2. The largest absolute Gasteiger partial charge is 0.370 e. The number of carbonyl (C=O) groups is 4. The van der Waals surface area contributed by atoms with Gasteiger partial charge < -0.3 is 26.5 Å². The molecule has 2 aliphatic heterocycles. The Labute approximate surface area is 222 Å². The highest BCUT2D eigenvalue weighted by Gasteiger charge is 2.39. The molecule has 2 atom stereocenters.